The second-order valence-electron chi connectivity index (χ2n) is 3.11. The molecule has 9 heavy (non-hydrogen) atoms. The van der Waals surface area contributed by atoms with Crippen LogP contribution in [0.15, 0.2) is 0 Å². The van der Waals surface area contributed by atoms with Crippen molar-refractivity contribution in [1.82, 2.24) is 0 Å². The summed E-state index contributed by atoms with van der Waals surface area (Å²) in [6, 6.07) is 0. The number of nitrogens with one attached hydrogen (secondary N) is 1. The lowest BCUT2D eigenvalue weighted by Gasteiger charge is -2.10. The fraction of sp³-hybridized carbons (Fsp3) is 0.875. The molecule has 0 aromatic rings. The topological polar surface area (TPSA) is 23.9 Å². The molecular weight excluding hydrogens is 110 g/mol. The highest BCUT2D eigenvalue weighted by Crippen LogP contribution is 2.32. The van der Waals surface area contributed by atoms with Gasteiger partial charge in [0.2, 0.25) is 0 Å². The maximum Gasteiger partial charge on any atom is -0.00449 e. The van der Waals surface area contributed by atoms with E-state index in [4.69, 9.17) is 5.41 Å². The van der Waals surface area contributed by atoms with Crippen LogP contribution in [0.25, 0.3) is 0 Å². The summed E-state index contributed by atoms with van der Waals surface area (Å²) in [5, 5.41) is 6.93. The minimum Gasteiger partial charge on any atom is -0.313 e. The predicted octanol–water partition coefficient (Wildman–Crippen LogP) is 2.46. The zero-order chi connectivity index (χ0) is 6.69. The summed E-state index contributed by atoms with van der Waals surface area (Å²) in [6.45, 7) is 2.31. The van der Waals surface area contributed by atoms with Crippen molar-refractivity contribution in [1.29, 1.82) is 5.41 Å². The Labute approximate surface area is 57.0 Å². The number of hydrogen-bond acceptors (Lipinski definition) is 1. The molecule has 0 heterocycles. The van der Waals surface area contributed by atoms with Gasteiger partial charge in [-0.2, -0.15) is 0 Å². The first-order valence-electron chi connectivity index (χ1n) is 3.83. The fourth-order valence-electron chi connectivity index (χ4n) is 1.72. The van der Waals surface area contributed by atoms with E-state index < -0.39 is 0 Å². The standard InChI is InChI=1S/C8H15N/c1-7-3-2-4-8(7)5-6-9/h6-9H,2-5H2,1H3. The van der Waals surface area contributed by atoms with E-state index in [1.54, 1.807) is 6.21 Å². The molecule has 0 aromatic carbocycles. The maximum atomic E-state index is 6.93. The van der Waals surface area contributed by atoms with Gasteiger partial charge < -0.3 is 5.41 Å². The van der Waals surface area contributed by atoms with Gasteiger partial charge in [0.1, 0.15) is 0 Å². The van der Waals surface area contributed by atoms with Crippen LogP contribution < -0.4 is 0 Å². The van der Waals surface area contributed by atoms with Gasteiger partial charge in [0.15, 0.2) is 0 Å². The zero-order valence-corrected chi connectivity index (χ0v) is 6.06. The van der Waals surface area contributed by atoms with E-state index in [0.717, 1.165) is 18.3 Å². The quantitative estimate of drug-likeness (QED) is 0.548. The Morgan fingerprint density at radius 1 is 1.56 bits per heavy atom. The van der Waals surface area contributed by atoms with E-state index in [1.807, 2.05) is 0 Å². The highest BCUT2D eigenvalue weighted by Gasteiger charge is 2.21. The second-order valence-corrected chi connectivity index (χ2v) is 3.11. The highest BCUT2D eigenvalue weighted by molar-refractivity contribution is 5.53. The lowest BCUT2D eigenvalue weighted by molar-refractivity contribution is 0.435. The molecule has 2 unspecified atom stereocenters. The zero-order valence-electron chi connectivity index (χ0n) is 6.06. The molecule has 0 saturated heterocycles. The third-order valence-electron chi connectivity index (χ3n) is 2.46. The normalized spacial score (nSPS) is 34.8. The van der Waals surface area contributed by atoms with Crippen molar-refractivity contribution < 1.29 is 0 Å². The molecule has 1 heteroatoms. The summed E-state index contributed by atoms with van der Waals surface area (Å²) in [6.07, 6.45) is 6.71. The molecule has 52 valence electrons. The van der Waals surface area contributed by atoms with E-state index in [9.17, 15) is 0 Å². The van der Waals surface area contributed by atoms with Gasteiger partial charge in [-0.25, -0.2) is 0 Å². The molecule has 1 nitrogen and oxygen atoms in total. The van der Waals surface area contributed by atoms with Crippen LogP contribution in [0, 0.1) is 17.2 Å². The van der Waals surface area contributed by atoms with Crippen LogP contribution in [-0.2, 0) is 0 Å². The van der Waals surface area contributed by atoms with Crippen molar-refractivity contribution in [2.24, 2.45) is 11.8 Å². The molecule has 0 aromatic heterocycles. The van der Waals surface area contributed by atoms with Crippen LogP contribution in [0.3, 0.4) is 0 Å². The van der Waals surface area contributed by atoms with E-state index in [0.29, 0.717) is 0 Å². The van der Waals surface area contributed by atoms with Gasteiger partial charge >= 0.3 is 0 Å². The first-order chi connectivity index (χ1) is 4.34. The predicted molar refractivity (Wildman–Crippen MR) is 39.9 cm³/mol. The Hall–Kier alpha value is -0.330. The van der Waals surface area contributed by atoms with Gasteiger partial charge in [0, 0.05) is 0 Å². The van der Waals surface area contributed by atoms with E-state index >= 15 is 0 Å². The summed E-state index contributed by atoms with van der Waals surface area (Å²) < 4.78 is 0. The first kappa shape index (κ1) is 6.79. The summed E-state index contributed by atoms with van der Waals surface area (Å²) in [5.74, 6) is 1.72. The Balaban J connectivity index is 2.30. The SMILES string of the molecule is CC1CCCC1CC=N. The van der Waals surface area contributed by atoms with Crippen LogP contribution in [0.5, 0.6) is 0 Å². The molecule has 2 atom stereocenters. The van der Waals surface area contributed by atoms with Crippen molar-refractivity contribution in [2.45, 2.75) is 32.6 Å². The largest absolute Gasteiger partial charge is 0.313 e. The van der Waals surface area contributed by atoms with Crippen LogP contribution >= 0.6 is 0 Å². The number of rotatable bonds is 2. The van der Waals surface area contributed by atoms with Crippen LogP contribution in [-0.4, -0.2) is 6.21 Å². The third kappa shape index (κ3) is 1.54. The molecule has 1 saturated carbocycles. The van der Waals surface area contributed by atoms with E-state index in [-0.39, 0.29) is 0 Å². The minimum absolute atomic E-state index is 0.836. The Morgan fingerprint density at radius 3 is 2.78 bits per heavy atom. The average molecular weight is 125 g/mol. The lowest BCUT2D eigenvalue weighted by atomic mass is 9.95. The van der Waals surface area contributed by atoms with Crippen molar-refractivity contribution in [3.63, 3.8) is 0 Å². The van der Waals surface area contributed by atoms with Crippen molar-refractivity contribution >= 4 is 6.21 Å². The molecule has 0 bridgehead atoms. The molecule has 0 spiro atoms. The summed E-state index contributed by atoms with van der Waals surface area (Å²) in [4.78, 5) is 0. The van der Waals surface area contributed by atoms with Gasteiger partial charge in [-0.3, -0.25) is 0 Å². The molecular formula is C8H15N. The van der Waals surface area contributed by atoms with E-state index in [2.05, 4.69) is 6.92 Å². The monoisotopic (exact) mass is 125 g/mol. The van der Waals surface area contributed by atoms with Crippen molar-refractivity contribution in [2.75, 3.05) is 0 Å². The molecule has 0 aliphatic heterocycles. The van der Waals surface area contributed by atoms with Gasteiger partial charge in [-0.05, 0) is 30.9 Å². The maximum absolute atomic E-state index is 6.93. The summed E-state index contributed by atoms with van der Waals surface area (Å²) in [5.41, 5.74) is 0. The van der Waals surface area contributed by atoms with Gasteiger partial charge in [-0.1, -0.05) is 19.8 Å². The molecule has 1 rings (SSSR count). The average Bonchev–Trinajstić information content (AvgIpc) is 2.18. The molecule has 1 fully saturated rings. The molecule has 0 radical (unpaired) electrons. The lowest BCUT2D eigenvalue weighted by Crippen LogP contribution is -2.03. The summed E-state index contributed by atoms with van der Waals surface area (Å²) >= 11 is 0. The smallest absolute Gasteiger partial charge is 0.00449 e. The molecule has 1 aliphatic carbocycles. The van der Waals surface area contributed by atoms with Gasteiger partial charge in [0.05, 0.1) is 0 Å². The van der Waals surface area contributed by atoms with Crippen molar-refractivity contribution in [3.05, 3.63) is 0 Å². The Morgan fingerprint density at radius 2 is 2.33 bits per heavy atom. The highest BCUT2D eigenvalue weighted by atomic mass is 14.4. The Kier molecular flexibility index (Phi) is 2.26. The van der Waals surface area contributed by atoms with Crippen LogP contribution in [0.2, 0.25) is 0 Å². The summed E-state index contributed by atoms with van der Waals surface area (Å²) in [7, 11) is 0. The van der Waals surface area contributed by atoms with Crippen LogP contribution in [0.1, 0.15) is 32.6 Å². The van der Waals surface area contributed by atoms with Crippen LogP contribution in [0.4, 0.5) is 0 Å². The first-order valence-corrected chi connectivity index (χ1v) is 3.83. The van der Waals surface area contributed by atoms with Gasteiger partial charge in [0.25, 0.3) is 0 Å². The Bertz CT molecular complexity index is 98.7. The molecule has 1 N–H and O–H groups in total. The fourth-order valence-corrected chi connectivity index (χ4v) is 1.72. The third-order valence-corrected chi connectivity index (χ3v) is 2.46. The molecule has 1 aliphatic rings. The number of hydrogen-bond donors (Lipinski definition) is 1. The van der Waals surface area contributed by atoms with Gasteiger partial charge in [-0.15, -0.1) is 0 Å². The van der Waals surface area contributed by atoms with E-state index in [1.165, 1.54) is 19.3 Å². The molecule has 0 amide bonds. The second kappa shape index (κ2) is 3.00. The minimum atomic E-state index is 0.836. The van der Waals surface area contributed by atoms with Crippen molar-refractivity contribution in [3.8, 4) is 0 Å².